The van der Waals surface area contributed by atoms with Gasteiger partial charge in [0.05, 0.1) is 5.52 Å². The first kappa shape index (κ1) is 13.5. The third-order valence-corrected chi connectivity index (χ3v) is 3.30. The van der Waals surface area contributed by atoms with Gasteiger partial charge in [0, 0.05) is 18.0 Å². The Hall–Kier alpha value is -2.53. The van der Waals surface area contributed by atoms with Crippen LogP contribution in [-0.4, -0.2) is 20.6 Å². The van der Waals surface area contributed by atoms with Crippen LogP contribution in [0.25, 0.3) is 10.9 Å². The van der Waals surface area contributed by atoms with Gasteiger partial charge in [-0.05, 0) is 35.9 Å². The van der Waals surface area contributed by atoms with Crippen LogP contribution in [0.3, 0.4) is 0 Å². The van der Waals surface area contributed by atoms with Gasteiger partial charge in [0.25, 0.3) is 0 Å². The second-order valence-electron chi connectivity index (χ2n) is 4.61. The van der Waals surface area contributed by atoms with Gasteiger partial charge in [-0.25, -0.2) is 4.68 Å². The molecular formula is C15H12ClN5. The summed E-state index contributed by atoms with van der Waals surface area (Å²) in [6.45, 7) is 0. The fraction of sp³-hybridized carbons (Fsp3) is 0.0667. The second-order valence-corrected chi connectivity index (χ2v) is 4.99. The van der Waals surface area contributed by atoms with Gasteiger partial charge in [-0.15, -0.1) is 0 Å². The van der Waals surface area contributed by atoms with Gasteiger partial charge in [-0.1, -0.05) is 23.7 Å². The topological polar surface area (TPSA) is 78.4 Å². The van der Waals surface area contributed by atoms with E-state index in [4.69, 9.17) is 22.4 Å². The van der Waals surface area contributed by atoms with Crippen LogP contribution in [0.1, 0.15) is 5.56 Å². The predicted molar refractivity (Wildman–Crippen MR) is 81.7 cm³/mol. The van der Waals surface area contributed by atoms with E-state index in [2.05, 4.69) is 10.1 Å². The van der Waals surface area contributed by atoms with Gasteiger partial charge < -0.3 is 0 Å². The zero-order valence-electron chi connectivity index (χ0n) is 11.0. The van der Waals surface area contributed by atoms with Crippen LogP contribution in [-0.2, 0) is 6.42 Å². The molecule has 0 aliphatic heterocycles. The Bertz CT molecular complexity index is 884. The normalized spacial score (nSPS) is 10.7. The van der Waals surface area contributed by atoms with Crippen molar-refractivity contribution >= 4 is 28.3 Å². The number of fused-ring (bicyclic) bond motifs is 1. The van der Waals surface area contributed by atoms with Crippen LogP contribution in [0.4, 0.5) is 0 Å². The lowest BCUT2D eigenvalue weighted by atomic mass is 10.1. The van der Waals surface area contributed by atoms with Gasteiger partial charge in [0.2, 0.25) is 0 Å². The highest BCUT2D eigenvalue weighted by molar-refractivity contribution is 6.29. The quantitative estimate of drug-likeness (QED) is 0.563. The zero-order chi connectivity index (χ0) is 14.8. The molecular weight excluding hydrogens is 286 g/mol. The van der Waals surface area contributed by atoms with Crippen LogP contribution in [0, 0.1) is 10.8 Å². The molecule has 0 fully saturated rings. The Kier molecular flexibility index (Phi) is 3.50. The van der Waals surface area contributed by atoms with Crippen molar-refractivity contribution in [2.24, 2.45) is 0 Å². The summed E-state index contributed by atoms with van der Waals surface area (Å²) in [5.41, 5.74) is 2.02. The van der Waals surface area contributed by atoms with Crippen LogP contribution in [0.15, 0.2) is 48.7 Å². The lowest BCUT2D eigenvalue weighted by molar-refractivity contribution is 0.795. The molecule has 0 unspecified atom stereocenters. The standard InChI is InChI=1S/C15H12ClN5/c16-13-5-6-14(17)21(20-13)15(18)9-10-3-4-12-11(8-10)2-1-7-19-12/h1-8,17-18H,9H2. The Morgan fingerprint density at radius 2 is 2.05 bits per heavy atom. The van der Waals surface area contributed by atoms with Crippen LogP contribution >= 0.6 is 11.6 Å². The average molecular weight is 298 g/mol. The maximum absolute atomic E-state index is 8.12. The lowest BCUT2D eigenvalue weighted by Gasteiger charge is -2.08. The van der Waals surface area contributed by atoms with Crippen molar-refractivity contribution in [1.82, 2.24) is 14.8 Å². The summed E-state index contributed by atoms with van der Waals surface area (Å²) >= 11 is 5.82. The van der Waals surface area contributed by atoms with E-state index in [0.717, 1.165) is 16.5 Å². The molecule has 0 amide bonds. The van der Waals surface area contributed by atoms with E-state index in [1.54, 1.807) is 6.20 Å². The maximum atomic E-state index is 8.12. The summed E-state index contributed by atoms with van der Waals surface area (Å²) < 4.78 is 1.23. The minimum atomic E-state index is 0.131. The van der Waals surface area contributed by atoms with Gasteiger partial charge in [0.15, 0.2) is 0 Å². The van der Waals surface area contributed by atoms with Crippen molar-refractivity contribution in [3.63, 3.8) is 0 Å². The fourth-order valence-electron chi connectivity index (χ4n) is 2.11. The first-order valence-electron chi connectivity index (χ1n) is 6.35. The van der Waals surface area contributed by atoms with E-state index in [1.807, 2.05) is 30.3 Å². The maximum Gasteiger partial charge on any atom is 0.150 e. The lowest BCUT2D eigenvalue weighted by Crippen LogP contribution is -2.29. The highest BCUT2D eigenvalue weighted by Gasteiger charge is 2.06. The van der Waals surface area contributed by atoms with Crippen molar-refractivity contribution in [1.29, 1.82) is 10.8 Å². The van der Waals surface area contributed by atoms with E-state index >= 15 is 0 Å². The third-order valence-electron chi connectivity index (χ3n) is 3.10. The number of aromatic nitrogens is 3. The molecule has 2 aromatic heterocycles. The van der Waals surface area contributed by atoms with Crippen LogP contribution < -0.4 is 5.49 Å². The molecule has 0 atom stereocenters. The van der Waals surface area contributed by atoms with Crippen molar-refractivity contribution < 1.29 is 0 Å². The Balaban J connectivity index is 1.92. The zero-order valence-corrected chi connectivity index (χ0v) is 11.8. The average Bonchev–Trinajstić information content (AvgIpc) is 2.49. The molecule has 0 aliphatic carbocycles. The first-order chi connectivity index (χ1) is 10.1. The summed E-state index contributed by atoms with van der Waals surface area (Å²) in [7, 11) is 0. The SMILES string of the molecule is N=C(Cc1ccc2ncccc2c1)n1nc(Cl)ccc1=N. The number of rotatable bonds is 2. The molecule has 2 heterocycles. The summed E-state index contributed by atoms with van der Waals surface area (Å²) in [5, 5.41) is 21.2. The molecule has 5 nitrogen and oxygen atoms in total. The molecule has 21 heavy (non-hydrogen) atoms. The summed E-state index contributed by atoms with van der Waals surface area (Å²) in [4.78, 5) is 4.27. The fourth-order valence-corrected chi connectivity index (χ4v) is 2.25. The monoisotopic (exact) mass is 297 g/mol. The molecule has 104 valence electrons. The van der Waals surface area contributed by atoms with Crippen molar-refractivity contribution in [3.05, 3.63) is 64.9 Å². The molecule has 1 aromatic carbocycles. The molecule has 0 bridgehead atoms. The van der Waals surface area contributed by atoms with E-state index in [-0.39, 0.29) is 16.5 Å². The molecule has 0 spiro atoms. The number of hydrogen-bond donors (Lipinski definition) is 2. The number of nitrogens with zero attached hydrogens (tertiary/aromatic N) is 3. The number of pyridine rings is 1. The minimum Gasteiger partial charge on any atom is -0.286 e. The van der Waals surface area contributed by atoms with E-state index < -0.39 is 0 Å². The first-order valence-corrected chi connectivity index (χ1v) is 6.73. The second kappa shape index (κ2) is 5.46. The Morgan fingerprint density at radius 3 is 2.90 bits per heavy atom. The van der Waals surface area contributed by atoms with Gasteiger partial charge >= 0.3 is 0 Å². The summed E-state index contributed by atoms with van der Waals surface area (Å²) in [6, 6.07) is 12.8. The predicted octanol–water partition coefficient (Wildman–Crippen LogP) is 2.63. The van der Waals surface area contributed by atoms with Gasteiger partial charge in [-0.2, -0.15) is 5.10 Å². The van der Waals surface area contributed by atoms with Crippen molar-refractivity contribution in [3.8, 4) is 0 Å². The number of nitrogens with one attached hydrogen (secondary N) is 2. The molecule has 0 saturated carbocycles. The van der Waals surface area contributed by atoms with Crippen LogP contribution in [0.5, 0.6) is 0 Å². The number of hydrogen-bond acceptors (Lipinski definition) is 4. The molecule has 3 rings (SSSR count). The van der Waals surface area contributed by atoms with E-state index in [0.29, 0.717) is 6.42 Å². The third kappa shape index (κ3) is 2.83. The summed E-state index contributed by atoms with van der Waals surface area (Å²) in [5.74, 6) is 0.200. The minimum absolute atomic E-state index is 0.131. The van der Waals surface area contributed by atoms with Crippen molar-refractivity contribution in [2.45, 2.75) is 6.42 Å². The molecule has 6 heteroatoms. The Morgan fingerprint density at radius 1 is 1.19 bits per heavy atom. The smallest absolute Gasteiger partial charge is 0.150 e. The van der Waals surface area contributed by atoms with Gasteiger partial charge in [-0.3, -0.25) is 15.8 Å². The van der Waals surface area contributed by atoms with Crippen molar-refractivity contribution in [2.75, 3.05) is 0 Å². The molecule has 3 aromatic rings. The van der Waals surface area contributed by atoms with E-state index in [9.17, 15) is 0 Å². The summed E-state index contributed by atoms with van der Waals surface area (Å²) in [6.07, 6.45) is 2.12. The number of halogens is 1. The van der Waals surface area contributed by atoms with Gasteiger partial charge in [0.1, 0.15) is 16.5 Å². The molecule has 2 N–H and O–H groups in total. The highest BCUT2D eigenvalue weighted by atomic mass is 35.5. The number of benzene rings is 1. The molecule has 0 saturated heterocycles. The van der Waals surface area contributed by atoms with E-state index in [1.165, 1.54) is 16.8 Å². The van der Waals surface area contributed by atoms with Crippen LogP contribution in [0.2, 0.25) is 5.15 Å². The Labute approximate surface area is 125 Å². The highest BCUT2D eigenvalue weighted by Crippen LogP contribution is 2.14. The molecule has 0 radical (unpaired) electrons. The largest absolute Gasteiger partial charge is 0.286 e. The molecule has 0 aliphatic rings.